The third kappa shape index (κ3) is 14.4. The zero-order chi connectivity index (χ0) is 17.2. The normalized spacial score (nSPS) is 12.1. The van der Waals surface area contributed by atoms with Crippen molar-refractivity contribution in [2.24, 2.45) is 0 Å². The number of Topliss-reactive ketones (excluding diaryl/α,β-unsaturated/α-hetero) is 1. The van der Waals surface area contributed by atoms with Crippen LogP contribution in [0.5, 0.6) is 0 Å². The summed E-state index contributed by atoms with van der Waals surface area (Å²) in [6.45, 7) is 1.94. The van der Waals surface area contributed by atoms with Gasteiger partial charge in [-0.05, 0) is 6.42 Å². The van der Waals surface area contributed by atoms with Gasteiger partial charge >= 0.3 is 0 Å². The lowest BCUT2D eigenvalue weighted by atomic mass is 10.0. The molecular weight excluding hydrogens is 290 g/mol. The zero-order valence-corrected chi connectivity index (χ0v) is 15.0. The number of nitrogens with one attached hydrogen (secondary N) is 1. The molecule has 0 aliphatic rings. The summed E-state index contributed by atoms with van der Waals surface area (Å²) in [5, 5.41) is 11.3. The summed E-state index contributed by atoms with van der Waals surface area (Å²) < 4.78 is 0. The van der Waals surface area contributed by atoms with E-state index in [4.69, 9.17) is 5.11 Å². The SMILES string of the molecule is CCCCCCCCCCCCCCCC(=O)[C@H](CO)NC=O. The first-order valence-electron chi connectivity index (χ1n) is 9.59. The van der Waals surface area contributed by atoms with E-state index in [0.29, 0.717) is 12.8 Å². The number of rotatable bonds is 18. The third-order valence-electron chi connectivity index (χ3n) is 4.37. The Morgan fingerprint density at radius 2 is 1.30 bits per heavy atom. The smallest absolute Gasteiger partial charge is 0.207 e. The zero-order valence-electron chi connectivity index (χ0n) is 15.0. The molecule has 0 spiro atoms. The Hall–Kier alpha value is -0.900. The van der Waals surface area contributed by atoms with E-state index in [9.17, 15) is 9.59 Å². The number of carbonyl (C=O) groups is 2. The van der Waals surface area contributed by atoms with E-state index in [1.54, 1.807) is 0 Å². The lowest BCUT2D eigenvalue weighted by Crippen LogP contribution is -2.38. The molecule has 23 heavy (non-hydrogen) atoms. The van der Waals surface area contributed by atoms with Crippen molar-refractivity contribution in [2.45, 2.75) is 103 Å². The van der Waals surface area contributed by atoms with Crippen molar-refractivity contribution in [1.29, 1.82) is 0 Å². The minimum Gasteiger partial charge on any atom is -0.394 e. The van der Waals surface area contributed by atoms with Crippen LogP contribution < -0.4 is 5.32 Å². The Morgan fingerprint density at radius 3 is 1.70 bits per heavy atom. The van der Waals surface area contributed by atoms with Crippen molar-refractivity contribution in [1.82, 2.24) is 5.32 Å². The molecule has 0 fully saturated rings. The molecule has 0 rings (SSSR count). The first kappa shape index (κ1) is 22.1. The molecule has 0 unspecified atom stereocenters. The Labute approximate surface area is 142 Å². The van der Waals surface area contributed by atoms with Crippen LogP contribution in [0.15, 0.2) is 0 Å². The molecule has 0 aliphatic carbocycles. The molecule has 1 atom stereocenters. The topological polar surface area (TPSA) is 66.4 Å². The number of aliphatic hydroxyl groups is 1. The largest absolute Gasteiger partial charge is 0.394 e. The van der Waals surface area contributed by atoms with Gasteiger partial charge in [0.2, 0.25) is 6.41 Å². The van der Waals surface area contributed by atoms with Gasteiger partial charge in [-0.3, -0.25) is 9.59 Å². The highest BCUT2D eigenvalue weighted by molar-refractivity contribution is 5.85. The van der Waals surface area contributed by atoms with Gasteiger partial charge in [0.25, 0.3) is 0 Å². The van der Waals surface area contributed by atoms with E-state index >= 15 is 0 Å². The highest BCUT2D eigenvalue weighted by atomic mass is 16.3. The van der Waals surface area contributed by atoms with Crippen molar-refractivity contribution < 1.29 is 14.7 Å². The summed E-state index contributed by atoms with van der Waals surface area (Å²) >= 11 is 0. The Bertz CT molecular complexity index is 282. The first-order valence-corrected chi connectivity index (χ1v) is 9.59. The van der Waals surface area contributed by atoms with Crippen molar-refractivity contribution in [2.75, 3.05) is 6.61 Å². The second-order valence-electron chi connectivity index (χ2n) is 6.48. The molecule has 4 heteroatoms. The lowest BCUT2D eigenvalue weighted by Gasteiger charge is -2.11. The average molecular weight is 328 g/mol. The fourth-order valence-corrected chi connectivity index (χ4v) is 2.82. The predicted molar refractivity (Wildman–Crippen MR) is 95.4 cm³/mol. The van der Waals surface area contributed by atoms with Gasteiger partial charge in [0.15, 0.2) is 5.78 Å². The number of hydrogen-bond acceptors (Lipinski definition) is 3. The highest BCUT2D eigenvalue weighted by Crippen LogP contribution is 2.13. The van der Waals surface area contributed by atoms with Crippen molar-refractivity contribution in [3.05, 3.63) is 0 Å². The maximum absolute atomic E-state index is 11.7. The quantitative estimate of drug-likeness (QED) is 0.294. The number of unbranched alkanes of at least 4 members (excludes halogenated alkanes) is 12. The summed E-state index contributed by atoms with van der Waals surface area (Å²) in [7, 11) is 0. The number of ketones is 1. The number of carbonyl (C=O) groups excluding carboxylic acids is 2. The molecule has 0 aromatic rings. The molecule has 2 N–H and O–H groups in total. The van der Waals surface area contributed by atoms with E-state index in [1.807, 2.05) is 0 Å². The molecule has 0 heterocycles. The fraction of sp³-hybridized carbons (Fsp3) is 0.895. The van der Waals surface area contributed by atoms with Gasteiger partial charge in [0.1, 0.15) is 6.04 Å². The standard InChI is InChI=1S/C19H37NO3/c1-2-3-4-5-6-7-8-9-10-11-12-13-14-15-19(23)18(16-21)20-17-22/h17-18,21H,2-16H2,1H3,(H,20,22)/t18-/m0/s1. The van der Waals surface area contributed by atoms with E-state index in [0.717, 1.165) is 12.8 Å². The summed E-state index contributed by atoms with van der Waals surface area (Å²) in [5.41, 5.74) is 0. The molecule has 1 amide bonds. The Kier molecular flexibility index (Phi) is 16.8. The van der Waals surface area contributed by atoms with Crippen LogP contribution in [0.3, 0.4) is 0 Å². The number of aliphatic hydroxyl groups excluding tert-OH is 1. The molecule has 0 radical (unpaired) electrons. The second-order valence-corrected chi connectivity index (χ2v) is 6.48. The Balaban J connectivity index is 3.27. The van der Waals surface area contributed by atoms with Crippen LogP contribution in [0.2, 0.25) is 0 Å². The van der Waals surface area contributed by atoms with Crippen LogP contribution in [0.4, 0.5) is 0 Å². The fourth-order valence-electron chi connectivity index (χ4n) is 2.82. The lowest BCUT2D eigenvalue weighted by molar-refractivity contribution is -0.124. The van der Waals surface area contributed by atoms with Gasteiger partial charge in [0, 0.05) is 6.42 Å². The molecule has 0 aromatic carbocycles. The molecule has 136 valence electrons. The summed E-state index contributed by atoms with van der Waals surface area (Å²) in [6.07, 6.45) is 17.5. The summed E-state index contributed by atoms with van der Waals surface area (Å²) in [4.78, 5) is 22.0. The van der Waals surface area contributed by atoms with Crippen molar-refractivity contribution in [3.8, 4) is 0 Å². The second kappa shape index (κ2) is 17.5. The van der Waals surface area contributed by atoms with Crippen LogP contribution in [0, 0.1) is 0 Å². The molecular formula is C19H37NO3. The van der Waals surface area contributed by atoms with E-state index in [2.05, 4.69) is 12.2 Å². The maximum Gasteiger partial charge on any atom is 0.207 e. The Morgan fingerprint density at radius 1 is 0.870 bits per heavy atom. The van der Waals surface area contributed by atoms with Gasteiger partial charge in [0.05, 0.1) is 6.61 Å². The molecule has 0 aromatic heterocycles. The van der Waals surface area contributed by atoms with E-state index in [1.165, 1.54) is 70.6 Å². The van der Waals surface area contributed by atoms with Gasteiger partial charge in [-0.25, -0.2) is 0 Å². The summed E-state index contributed by atoms with van der Waals surface area (Å²) in [6, 6.07) is -0.718. The average Bonchev–Trinajstić information content (AvgIpc) is 2.56. The third-order valence-corrected chi connectivity index (χ3v) is 4.37. The number of hydrogen-bond donors (Lipinski definition) is 2. The number of amides is 1. The van der Waals surface area contributed by atoms with Crippen LogP contribution in [-0.2, 0) is 9.59 Å². The van der Waals surface area contributed by atoms with E-state index < -0.39 is 6.04 Å². The first-order chi connectivity index (χ1) is 11.3. The molecule has 0 saturated heterocycles. The van der Waals surface area contributed by atoms with Crippen molar-refractivity contribution in [3.63, 3.8) is 0 Å². The van der Waals surface area contributed by atoms with Gasteiger partial charge in [-0.2, -0.15) is 0 Å². The summed E-state index contributed by atoms with van der Waals surface area (Å²) in [5.74, 6) is -0.0670. The van der Waals surface area contributed by atoms with Crippen LogP contribution in [-0.4, -0.2) is 29.9 Å². The highest BCUT2D eigenvalue weighted by Gasteiger charge is 2.15. The van der Waals surface area contributed by atoms with Crippen LogP contribution >= 0.6 is 0 Å². The van der Waals surface area contributed by atoms with Gasteiger partial charge < -0.3 is 10.4 Å². The maximum atomic E-state index is 11.7. The van der Waals surface area contributed by atoms with E-state index in [-0.39, 0.29) is 12.4 Å². The minimum absolute atomic E-state index is 0.0670. The van der Waals surface area contributed by atoms with Gasteiger partial charge in [-0.15, -0.1) is 0 Å². The van der Waals surface area contributed by atoms with Crippen LogP contribution in [0.25, 0.3) is 0 Å². The molecule has 0 bridgehead atoms. The van der Waals surface area contributed by atoms with Gasteiger partial charge in [-0.1, -0.05) is 84.0 Å². The van der Waals surface area contributed by atoms with Crippen LogP contribution in [0.1, 0.15) is 96.8 Å². The molecule has 0 saturated carbocycles. The molecule has 4 nitrogen and oxygen atoms in total. The monoisotopic (exact) mass is 327 g/mol. The van der Waals surface area contributed by atoms with Crippen molar-refractivity contribution >= 4 is 12.2 Å². The minimum atomic E-state index is -0.718. The molecule has 0 aliphatic heterocycles. The predicted octanol–water partition coefficient (Wildman–Crippen LogP) is 4.14.